The summed E-state index contributed by atoms with van der Waals surface area (Å²) in [4.78, 5) is 27.2. The first-order valence-electron chi connectivity index (χ1n) is 9.50. The van der Waals surface area contributed by atoms with Crippen molar-refractivity contribution in [2.75, 3.05) is 12.4 Å². The Kier molecular flexibility index (Phi) is 4.74. The van der Waals surface area contributed by atoms with E-state index in [1.54, 1.807) is 18.2 Å². The molecule has 2 bridgehead atoms. The van der Waals surface area contributed by atoms with Crippen LogP contribution in [-0.2, 0) is 0 Å². The molecule has 2 aliphatic heterocycles. The lowest BCUT2D eigenvalue weighted by molar-refractivity contribution is 0.0681. The van der Waals surface area contributed by atoms with Gasteiger partial charge in [-0.25, -0.2) is 0 Å². The molecular formula is C21H25N3O3. The molecule has 2 aliphatic rings. The van der Waals surface area contributed by atoms with Crippen molar-refractivity contribution >= 4 is 17.5 Å². The minimum atomic E-state index is -0.323. The molecule has 2 amide bonds. The number of hydrogen-bond donors (Lipinski definition) is 2. The molecule has 6 nitrogen and oxygen atoms in total. The molecule has 2 aromatic rings. The summed E-state index contributed by atoms with van der Waals surface area (Å²) in [5.41, 5.74) is 2.11. The Labute approximate surface area is 158 Å². The number of anilines is 1. The highest BCUT2D eigenvalue weighted by Crippen LogP contribution is 2.30. The Hall–Kier alpha value is -2.60. The smallest absolute Gasteiger partial charge is 0.291 e. The van der Waals surface area contributed by atoms with E-state index < -0.39 is 0 Å². The highest BCUT2D eigenvalue weighted by Gasteiger charge is 2.36. The molecule has 2 N–H and O–H groups in total. The van der Waals surface area contributed by atoms with Crippen LogP contribution in [0.25, 0.3) is 0 Å². The molecule has 2 unspecified atom stereocenters. The SMILES string of the molecule is Cc1ccc(C(=O)N(C)C2CC3CCC(C2)N3)cc1NC(=O)c1ccco1. The van der Waals surface area contributed by atoms with Gasteiger partial charge in [0, 0.05) is 36.4 Å². The zero-order valence-corrected chi connectivity index (χ0v) is 15.7. The molecule has 0 saturated carbocycles. The molecule has 6 heteroatoms. The van der Waals surface area contributed by atoms with E-state index in [0.717, 1.165) is 18.4 Å². The fourth-order valence-corrected chi connectivity index (χ4v) is 4.19. The van der Waals surface area contributed by atoms with Crippen molar-refractivity contribution in [2.24, 2.45) is 0 Å². The molecule has 4 rings (SSSR count). The molecule has 0 aliphatic carbocycles. The van der Waals surface area contributed by atoms with Gasteiger partial charge in [0.1, 0.15) is 0 Å². The number of piperidine rings is 1. The maximum atomic E-state index is 13.0. The van der Waals surface area contributed by atoms with E-state index in [9.17, 15) is 9.59 Å². The number of nitrogens with one attached hydrogen (secondary N) is 2. The molecule has 142 valence electrons. The highest BCUT2D eigenvalue weighted by molar-refractivity contribution is 6.03. The summed E-state index contributed by atoms with van der Waals surface area (Å²) in [5, 5.41) is 6.45. The third kappa shape index (κ3) is 3.62. The predicted molar refractivity (Wildman–Crippen MR) is 103 cm³/mol. The second kappa shape index (κ2) is 7.19. The first kappa shape index (κ1) is 17.8. The minimum Gasteiger partial charge on any atom is -0.459 e. The largest absolute Gasteiger partial charge is 0.459 e. The van der Waals surface area contributed by atoms with Crippen LogP contribution in [0.1, 0.15) is 52.2 Å². The first-order valence-corrected chi connectivity index (χ1v) is 9.50. The van der Waals surface area contributed by atoms with Crippen LogP contribution >= 0.6 is 0 Å². The molecule has 1 aromatic carbocycles. The van der Waals surface area contributed by atoms with Crippen molar-refractivity contribution in [3.63, 3.8) is 0 Å². The lowest BCUT2D eigenvalue weighted by Gasteiger charge is -2.35. The summed E-state index contributed by atoms with van der Waals surface area (Å²) in [5.74, 6) is -0.0841. The molecule has 0 radical (unpaired) electrons. The fourth-order valence-electron chi connectivity index (χ4n) is 4.19. The van der Waals surface area contributed by atoms with Crippen LogP contribution in [-0.4, -0.2) is 41.9 Å². The van der Waals surface area contributed by atoms with Crippen molar-refractivity contribution in [1.29, 1.82) is 0 Å². The van der Waals surface area contributed by atoms with Gasteiger partial charge in [-0.1, -0.05) is 6.07 Å². The fraction of sp³-hybridized carbons (Fsp3) is 0.429. The average molecular weight is 367 g/mol. The quantitative estimate of drug-likeness (QED) is 0.870. The van der Waals surface area contributed by atoms with Crippen LogP contribution in [0.5, 0.6) is 0 Å². The molecule has 27 heavy (non-hydrogen) atoms. The first-order chi connectivity index (χ1) is 13.0. The van der Waals surface area contributed by atoms with Gasteiger partial charge in [-0.05, 0) is 62.4 Å². The van der Waals surface area contributed by atoms with E-state index in [-0.39, 0.29) is 23.6 Å². The second-order valence-corrected chi connectivity index (χ2v) is 7.64. The summed E-state index contributed by atoms with van der Waals surface area (Å²) in [7, 11) is 1.89. The predicted octanol–water partition coefficient (Wildman–Crippen LogP) is 3.20. The molecule has 2 fully saturated rings. The number of nitrogens with zero attached hydrogens (tertiary/aromatic N) is 1. The molecule has 2 saturated heterocycles. The van der Waals surface area contributed by atoms with Gasteiger partial charge in [0.05, 0.1) is 6.26 Å². The van der Waals surface area contributed by atoms with Crippen LogP contribution in [0, 0.1) is 6.92 Å². The number of hydrogen-bond acceptors (Lipinski definition) is 4. The normalized spacial score (nSPS) is 23.9. The van der Waals surface area contributed by atoms with Gasteiger partial charge in [0.25, 0.3) is 11.8 Å². The number of benzene rings is 1. The topological polar surface area (TPSA) is 74.6 Å². The summed E-state index contributed by atoms with van der Waals surface area (Å²) in [6, 6.07) is 10.1. The van der Waals surface area contributed by atoms with Crippen LogP contribution < -0.4 is 10.6 Å². The van der Waals surface area contributed by atoms with Crippen molar-refractivity contribution in [1.82, 2.24) is 10.2 Å². The van der Waals surface area contributed by atoms with Crippen molar-refractivity contribution in [2.45, 2.75) is 50.7 Å². The maximum absolute atomic E-state index is 13.0. The van der Waals surface area contributed by atoms with Gasteiger partial charge < -0.3 is 20.0 Å². The van der Waals surface area contributed by atoms with E-state index in [4.69, 9.17) is 4.42 Å². The Morgan fingerprint density at radius 1 is 1.19 bits per heavy atom. The Balaban J connectivity index is 1.49. The summed E-state index contributed by atoms with van der Waals surface area (Å²) < 4.78 is 5.14. The summed E-state index contributed by atoms with van der Waals surface area (Å²) in [6.07, 6.45) is 5.88. The molecule has 1 aromatic heterocycles. The van der Waals surface area contributed by atoms with Crippen molar-refractivity contribution in [3.05, 3.63) is 53.5 Å². The lowest BCUT2D eigenvalue weighted by Crippen LogP contribution is -2.48. The average Bonchev–Trinajstić information content (AvgIpc) is 3.32. The molecular weight excluding hydrogens is 342 g/mol. The number of aryl methyl sites for hydroxylation is 1. The van der Waals surface area contributed by atoms with E-state index in [1.807, 2.05) is 31.0 Å². The third-order valence-corrected chi connectivity index (χ3v) is 5.79. The van der Waals surface area contributed by atoms with Crippen LogP contribution in [0.15, 0.2) is 41.0 Å². The van der Waals surface area contributed by atoms with E-state index in [1.165, 1.54) is 19.1 Å². The number of carbonyl (C=O) groups excluding carboxylic acids is 2. The number of fused-ring (bicyclic) bond motifs is 2. The van der Waals surface area contributed by atoms with E-state index >= 15 is 0 Å². The van der Waals surface area contributed by atoms with E-state index in [0.29, 0.717) is 23.3 Å². The molecule has 2 atom stereocenters. The zero-order valence-electron chi connectivity index (χ0n) is 15.7. The van der Waals surface area contributed by atoms with E-state index in [2.05, 4.69) is 10.6 Å². The van der Waals surface area contributed by atoms with Crippen LogP contribution in [0.3, 0.4) is 0 Å². The Bertz CT molecular complexity index is 834. The number of carbonyl (C=O) groups is 2. The van der Waals surface area contributed by atoms with Gasteiger partial charge in [0.2, 0.25) is 0 Å². The Morgan fingerprint density at radius 3 is 2.59 bits per heavy atom. The minimum absolute atomic E-state index is 0.00482. The van der Waals surface area contributed by atoms with Gasteiger partial charge >= 0.3 is 0 Å². The van der Waals surface area contributed by atoms with Crippen molar-refractivity contribution in [3.8, 4) is 0 Å². The molecule has 0 spiro atoms. The number of furan rings is 1. The number of amides is 2. The lowest BCUT2D eigenvalue weighted by atomic mass is 9.97. The Morgan fingerprint density at radius 2 is 1.93 bits per heavy atom. The monoisotopic (exact) mass is 367 g/mol. The maximum Gasteiger partial charge on any atom is 0.291 e. The zero-order chi connectivity index (χ0) is 19.0. The van der Waals surface area contributed by atoms with Crippen LogP contribution in [0.4, 0.5) is 5.69 Å². The summed E-state index contributed by atoms with van der Waals surface area (Å²) in [6.45, 7) is 1.90. The van der Waals surface area contributed by atoms with Gasteiger partial charge in [0.15, 0.2) is 5.76 Å². The van der Waals surface area contributed by atoms with Gasteiger partial charge in [-0.3, -0.25) is 9.59 Å². The molecule has 3 heterocycles. The van der Waals surface area contributed by atoms with Gasteiger partial charge in [-0.15, -0.1) is 0 Å². The van der Waals surface area contributed by atoms with Gasteiger partial charge in [-0.2, -0.15) is 0 Å². The third-order valence-electron chi connectivity index (χ3n) is 5.79. The summed E-state index contributed by atoms with van der Waals surface area (Å²) >= 11 is 0. The number of rotatable bonds is 4. The van der Waals surface area contributed by atoms with Crippen LogP contribution in [0.2, 0.25) is 0 Å². The highest BCUT2D eigenvalue weighted by atomic mass is 16.3. The van der Waals surface area contributed by atoms with Crippen molar-refractivity contribution < 1.29 is 14.0 Å². The second-order valence-electron chi connectivity index (χ2n) is 7.64. The standard InChI is InChI=1S/C21H25N3O3/c1-13-5-6-14(10-18(13)23-20(25)19-4-3-9-27-19)21(26)24(2)17-11-15-7-8-16(12-17)22-15/h3-6,9-10,15-17,22H,7-8,11-12H2,1-2H3,(H,23,25).